The number of carbonyl (C=O) groups is 3. The number of aliphatic hydroxyl groups is 1. The Kier molecular flexibility index (Phi) is 4.48. The topological polar surface area (TPSA) is 80.7 Å². The lowest BCUT2D eigenvalue weighted by atomic mass is 9.45. The molecule has 0 radical (unpaired) electrons. The maximum Gasteiger partial charge on any atom is 0.311 e. The molecule has 3 fully saturated rings. The van der Waals surface area contributed by atoms with Crippen molar-refractivity contribution >= 4 is 17.5 Å². The maximum absolute atomic E-state index is 12.7. The van der Waals surface area contributed by atoms with Crippen LogP contribution in [0.3, 0.4) is 0 Å². The predicted molar refractivity (Wildman–Crippen MR) is 108 cm³/mol. The monoisotopic (exact) mass is 402 g/mol. The van der Waals surface area contributed by atoms with Gasteiger partial charge in [-0.25, -0.2) is 0 Å². The predicted octanol–water partition coefficient (Wildman–Crippen LogP) is 3.77. The Hall–Kier alpha value is -1.49. The second-order valence-electron chi connectivity index (χ2n) is 11.3. The molecule has 0 saturated heterocycles. The molecule has 5 heteroatoms. The van der Waals surface area contributed by atoms with Crippen LogP contribution in [0.4, 0.5) is 0 Å². The SMILES string of the molecule is CC(C)(C)C(=O)O[C@@H]1C[C@@H]2[C@H](CC[C@]3(C)C(=O)CC[C@@]23O)[C@@]2(C)CCC(=O)C=C12. The molecule has 4 aliphatic carbocycles. The molecule has 0 amide bonds. The molecule has 6 atom stereocenters. The summed E-state index contributed by atoms with van der Waals surface area (Å²) in [5.74, 6) is 0.0293. The van der Waals surface area contributed by atoms with Gasteiger partial charge in [0.05, 0.1) is 16.4 Å². The normalized spacial score (nSPS) is 44.5. The third-order valence-corrected chi connectivity index (χ3v) is 8.72. The summed E-state index contributed by atoms with van der Waals surface area (Å²) in [5.41, 5.74) is -1.79. The number of hydrogen-bond donors (Lipinski definition) is 1. The smallest absolute Gasteiger partial charge is 0.311 e. The van der Waals surface area contributed by atoms with Crippen LogP contribution in [0.5, 0.6) is 0 Å². The number of rotatable bonds is 1. The van der Waals surface area contributed by atoms with E-state index in [1.807, 2.05) is 27.7 Å². The van der Waals surface area contributed by atoms with Gasteiger partial charge in [0.1, 0.15) is 11.9 Å². The van der Waals surface area contributed by atoms with Gasteiger partial charge in [-0.1, -0.05) is 6.92 Å². The summed E-state index contributed by atoms with van der Waals surface area (Å²) in [6.45, 7) is 9.56. The van der Waals surface area contributed by atoms with Gasteiger partial charge < -0.3 is 9.84 Å². The molecular formula is C24H34O5. The van der Waals surface area contributed by atoms with Crippen LogP contribution < -0.4 is 0 Å². The number of ether oxygens (including phenoxy) is 1. The Labute approximate surface area is 173 Å². The largest absolute Gasteiger partial charge is 0.457 e. The van der Waals surface area contributed by atoms with Crippen LogP contribution in [0.25, 0.3) is 0 Å². The van der Waals surface area contributed by atoms with Crippen molar-refractivity contribution in [2.45, 2.75) is 91.3 Å². The van der Waals surface area contributed by atoms with Crippen LogP contribution >= 0.6 is 0 Å². The fraction of sp³-hybridized carbons (Fsp3) is 0.792. The Morgan fingerprint density at radius 1 is 1.10 bits per heavy atom. The van der Waals surface area contributed by atoms with E-state index in [0.717, 1.165) is 12.0 Å². The van der Waals surface area contributed by atoms with Gasteiger partial charge in [0.2, 0.25) is 0 Å². The van der Waals surface area contributed by atoms with E-state index in [0.29, 0.717) is 38.5 Å². The highest BCUT2D eigenvalue weighted by molar-refractivity contribution is 5.92. The molecule has 0 aliphatic heterocycles. The van der Waals surface area contributed by atoms with Crippen LogP contribution in [0, 0.1) is 28.1 Å². The fourth-order valence-corrected chi connectivity index (χ4v) is 6.72. The van der Waals surface area contributed by atoms with Crippen molar-refractivity contribution in [3.05, 3.63) is 11.6 Å². The zero-order valence-electron chi connectivity index (χ0n) is 18.3. The van der Waals surface area contributed by atoms with Gasteiger partial charge in [0, 0.05) is 12.8 Å². The standard InChI is InChI=1S/C24H34O5/c1-21(2,3)20(27)29-18-13-16-15(22(4)9-6-14(25)12-17(18)22)7-10-23(5)19(26)8-11-24(16,23)28/h12,15-16,18,28H,6-11,13H2,1-5H3/t15-,16+,18+,22+,23+,24+/m0/s1. The molecule has 0 aromatic rings. The summed E-state index contributed by atoms with van der Waals surface area (Å²) in [6.07, 6.45) is 5.32. The van der Waals surface area contributed by atoms with Crippen molar-refractivity contribution in [2.75, 3.05) is 0 Å². The summed E-state index contributed by atoms with van der Waals surface area (Å²) < 4.78 is 5.99. The van der Waals surface area contributed by atoms with Crippen LogP contribution in [0.1, 0.15) is 79.6 Å². The lowest BCUT2D eigenvalue weighted by molar-refractivity contribution is -0.194. The number of esters is 1. The first-order chi connectivity index (χ1) is 13.3. The van der Waals surface area contributed by atoms with Crippen LogP contribution in [0.15, 0.2) is 11.6 Å². The van der Waals surface area contributed by atoms with E-state index in [1.165, 1.54) is 0 Å². The zero-order valence-corrected chi connectivity index (χ0v) is 18.3. The van der Waals surface area contributed by atoms with E-state index in [2.05, 4.69) is 6.92 Å². The highest BCUT2D eigenvalue weighted by Crippen LogP contribution is 2.66. The van der Waals surface area contributed by atoms with Gasteiger partial charge in [-0.15, -0.1) is 0 Å². The average Bonchev–Trinajstić information content (AvgIpc) is 2.87. The molecule has 5 nitrogen and oxygen atoms in total. The van der Waals surface area contributed by atoms with E-state index in [1.54, 1.807) is 6.08 Å². The van der Waals surface area contributed by atoms with Crippen LogP contribution in [0.2, 0.25) is 0 Å². The number of Topliss-reactive ketones (excluding diaryl/α,β-unsaturated/α-hetero) is 1. The number of carbonyl (C=O) groups excluding carboxylic acids is 3. The van der Waals surface area contributed by atoms with Crippen molar-refractivity contribution in [3.63, 3.8) is 0 Å². The van der Waals surface area contributed by atoms with Crippen molar-refractivity contribution in [3.8, 4) is 0 Å². The van der Waals surface area contributed by atoms with Gasteiger partial charge in [0.15, 0.2) is 5.78 Å². The van der Waals surface area contributed by atoms with Crippen LogP contribution in [-0.2, 0) is 19.1 Å². The molecule has 4 rings (SSSR count). The third-order valence-electron chi connectivity index (χ3n) is 8.72. The first-order valence-corrected chi connectivity index (χ1v) is 11.0. The second kappa shape index (κ2) is 6.26. The number of hydrogen-bond acceptors (Lipinski definition) is 5. The number of fused-ring (bicyclic) bond motifs is 5. The van der Waals surface area contributed by atoms with Crippen LogP contribution in [-0.4, -0.2) is 34.3 Å². The average molecular weight is 403 g/mol. The van der Waals surface area contributed by atoms with Gasteiger partial charge in [-0.2, -0.15) is 0 Å². The third kappa shape index (κ3) is 2.79. The molecule has 160 valence electrons. The highest BCUT2D eigenvalue weighted by atomic mass is 16.5. The summed E-state index contributed by atoms with van der Waals surface area (Å²) in [4.78, 5) is 37.7. The molecule has 29 heavy (non-hydrogen) atoms. The van der Waals surface area contributed by atoms with Crippen molar-refractivity contribution < 1.29 is 24.2 Å². The minimum Gasteiger partial charge on any atom is -0.457 e. The molecule has 4 aliphatic rings. The summed E-state index contributed by atoms with van der Waals surface area (Å²) in [5, 5.41) is 11.9. The molecule has 0 heterocycles. The maximum atomic E-state index is 12.7. The molecule has 0 aromatic carbocycles. The summed E-state index contributed by atoms with van der Waals surface area (Å²) in [7, 11) is 0. The minimum absolute atomic E-state index is 0.0862. The van der Waals surface area contributed by atoms with Gasteiger partial charge >= 0.3 is 5.97 Å². The molecule has 1 N–H and O–H groups in total. The fourth-order valence-electron chi connectivity index (χ4n) is 6.72. The van der Waals surface area contributed by atoms with Gasteiger partial charge in [0.25, 0.3) is 0 Å². The van der Waals surface area contributed by atoms with E-state index in [-0.39, 0.29) is 34.8 Å². The van der Waals surface area contributed by atoms with Gasteiger partial charge in [-0.05, 0) is 88.7 Å². The quantitative estimate of drug-likeness (QED) is 0.675. The van der Waals surface area contributed by atoms with Crippen molar-refractivity contribution in [2.24, 2.45) is 28.1 Å². The minimum atomic E-state index is -1.06. The van der Waals surface area contributed by atoms with E-state index < -0.39 is 22.5 Å². The second-order valence-corrected chi connectivity index (χ2v) is 11.3. The van der Waals surface area contributed by atoms with E-state index >= 15 is 0 Å². The Balaban J connectivity index is 1.77. The zero-order chi connectivity index (χ0) is 21.4. The van der Waals surface area contributed by atoms with E-state index in [4.69, 9.17) is 4.74 Å². The Bertz CT molecular complexity index is 805. The van der Waals surface area contributed by atoms with Crippen molar-refractivity contribution in [1.29, 1.82) is 0 Å². The first-order valence-electron chi connectivity index (χ1n) is 11.0. The first kappa shape index (κ1) is 20.8. The van der Waals surface area contributed by atoms with Crippen molar-refractivity contribution in [1.82, 2.24) is 0 Å². The molecule has 0 unspecified atom stereocenters. The Morgan fingerprint density at radius 2 is 1.79 bits per heavy atom. The summed E-state index contributed by atoms with van der Waals surface area (Å²) >= 11 is 0. The Morgan fingerprint density at radius 3 is 2.45 bits per heavy atom. The number of ketones is 2. The van der Waals surface area contributed by atoms with E-state index in [9.17, 15) is 19.5 Å². The molecule has 0 aromatic heterocycles. The molecular weight excluding hydrogens is 368 g/mol. The lowest BCUT2D eigenvalue weighted by Crippen LogP contribution is -2.63. The molecule has 3 saturated carbocycles. The summed E-state index contributed by atoms with van der Waals surface area (Å²) in [6, 6.07) is 0. The molecule has 0 spiro atoms. The highest BCUT2D eigenvalue weighted by Gasteiger charge is 2.68. The molecule has 0 bridgehead atoms. The van der Waals surface area contributed by atoms with Gasteiger partial charge in [-0.3, -0.25) is 14.4 Å². The lowest BCUT2D eigenvalue weighted by Gasteiger charge is -2.61.